The Hall–Kier alpha value is -2.14. The first-order chi connectivity index (χ1) is 10.1. The molecule has 1 amide bonds. The normalized spacial score (nSPS) is 22.7. The SMILES string of the molecule is COc1ccc(C=CC(=O)C2CCCNC(=O)C2N)cc1. The van der Waals surface area contributed by atoms with Crippen molar-refractivity contribution in [2.24, 2.45) is 11.7 Å². The number of hydrogen-bond donors (Lipinski definition) is 2. The van der Waals surface area contributed by atoms with E-state index >= 15 is 0 Å². The predicted octanol–water partition coefficient (Wildman–Crippen LogP) is 1.13. The Bertz CT molecular complexity index is 537. The molecule has 0 bridgehead atoms. The van der Waals surface area contributed by atoms with Crippen LogP contribution in [-0.4, -0.2) is 31.4 Å². The molecule has 21 heavy (non-hydrogen) atoms. The number of ether oxygens (including phenoxy) is 1. The smallest absolute Gasteiger partial charge is 0.237 e. The molecule has 1 saturated heterocycles. The number of ketones is 1. The molecular weight excluding hydrogens is 268 g/mol. The van der Waals surface area contributed by atoms with Gasteiger partial charge in [0.2, 0.25) is 5.91 Å². The number of amides is 1. The van der Waals surface area contributed by atoms with Crippen LogP contribution in [0.5, 0.6) is 5.75 Å². The minimum absolute atomic E-state index is 0.102. The molecule has 0 saturated carbocycles. The molecule has 0 aliphatic carbocycles. The molecule has 1 heterocycles. The number of allylic oxidation sites excluding steroid dienone is 1. The van der Waals surface area contributed by atoms with Gasteiger partial charge in [-0.25, -0.2) is 0 Å². The fourth-order valence-corrected chi connectivity index (χ4v) is 2.35. The maximum absolute atomic E-state index is 12.2. The first-order valence-electron chi connectivity index (χ1n) is 7.01. The van der Waals surface area contributed by atoms with E-state index in [-0.39, 0.29) is 11.7 Å². The third-order valence-electron chi connectivity index (χ3n) is 3.65. The summed E-state index contributed by atoms with van der Waals surface area (Å²) in [5.41, 5.74) is 6.75. The van der Waals surface area contributed by atoms with Gasteiger partial charge in [0.25, 0.3) is 0 Å². The number of nitrogens with two attached hydrogens (primary N) is 1. The summed E-state index contributed by atoms with van der Waals surface area (Å²) in [5, 5.41) is 2.71. The fourth-order valence-electron chi connectivity index (χ4n) is 2.35. The summed E-state index contributed by atoms with van der Waals surface area (Å²) in [6.45, 7) is 0.582. The van der Waals surface area contributed by atoms with E-state index in [0.717, 1.165) is 17.7 Å². The summed E-state index contributed by atoms with van der Waals surface area (Å²) >= 11 is 0. The molecule has 5 nitrogen and oxygen atoms in total. The van der Waals surface area contributed by atoms with Crippen molar-refractivity contribution in [1.82, 2.24) is 5.32 Å². The number of hydrogen-bond acceptors (Lipinski definition) is 4. The molecule has 2 rings (SSSR count). The van der Waals surface area contributed by atoms with Crippen LogP contribution in [0.3, 0.4) is 0 Å². The molecule has 1 fully saturated rings. The maximum Gasteiger partial charge on any atom is 0.237 e. The zero-order valence-electron chi connectivity index (χ0n) is 12.0. The number of carbonyl (C=O) groups excluding carboxylic acids is 2. The molecule has 1 aliphatic heterocycles. The number of rotatable bonds is 4. The van der Waals surface area contributed by atoms with Crippen molar-refractivity contribution in [3.05, 3.63) is 35.9 Å². The summed E-state index contributed by atoms with van der Waals surface area (Å²) in [7, 11) is 1.60. The predicted molar refractivity (Wildman–Crippen MR) is 80.7 cm³/mol. The van der Waals surface area contributed by atoms with E-state index < -0.39 is 12.0 Å². The average Bonchev–Trinajstić information content (AvgIpc) is 2.68. The van der Waals surface area contributed by atoms with E-state index in [1.165, 1.54) is 6.08 Å². The van der Waals surface area contributed by atoms with E-state index in [1.54, 1.807) is 13.2 Å². The van der Waals surface area contributed by atoms with Crippen molar-refractivity contribution >= 4 is 17.8 Å². The second-order valence-electron chi connectivity index (χ2n) is 5.07. The molecule has 1 aliphatic rings. The second kappa shape index (κ2) is 7.04. The molecule has 0 spiro atoms. The molecule has 1 aromatic rings. The standard InChI is InChI=1S/C16H20N2O3/c1-21-12-7-4-11(5-8-12)6-9-14(19)13-3-2-10-18-16(20)15(13)17/h4-9,13,15H,2-3,10,17H2,1H3,(H,18,20). The van der Waals surface area contributed by atoms with Gasteiger partial charge >= 0.3 is 0 Å². The molecule has 2 unspecified atom stereocenters. The van der Waals surface area contributed by atoms with E-state index in [9.17, 15) is 9.59 Å². The van der Waals surface area contributed by atoms with Crippen LogP contribution in [0.15, 0.2) is 30.3 Å². The Kier molecular flexibility index (Phi) is 5.11. The summed E-state index contributed by atoms with van der Waals surface area (Å²) in [6.07, 6.45) is 4.64. The third kappa shape index (κ3) is 3.92. The average molecular weight is 288 g/mol. The lowest BCUT2D eigenvalue weighted by atomic mass is 9.91. The van der Waals surface area contributed by atoms with Crippen molar-refractivity contribution in [2.45, 2.75) is 18.9 Å². The van der Waals surface area contributed by atoms with Gasteiger partial charge in [-0.3, -0.25) is 9.59 Å². The topological polar surface area (TPSA) is 81.4 Å². The number of nitrogens with one attached hydrogen (secondary N) is 1. The maximum atomic E-state index is 12.2. The highest BCUT2D eigenvalue weighted by molar-refractivity contribution is 5.99. The van der Waals surface area contributed by atoms with Gasteiger partial charge in [0.1, 0.15) is 5.75 Å². The quantitative estimate of drug-likeness (QED) is 0.814. The van der Waals surface area contributed by atoms with E-state index in [2.05, 4.69) is 5.32 Å². The Labute approximate surface area is 124 Å². The fraction of sp³-hybridized carbons (Fsp3) is 0.375. The van der Waals surface area contributed by atoms with Crippen molar-refractivity contribution in [3.8, 4) is 5.75 Å². The molecule has 112 valence electrons. The van der Waals surface area contributed by atoms with Crippen LogP contribution in [0.4, 0.5) is 0 Å². The van der Waals surface area contributed by atoms with Crippen LogP contribution in [0.25, 0.3) is 6.08 Å². The first-order valence-corrected chi connectivity index (χ1v) is 7.01. The van der Waals surface area contributed by atoms with Gasteiger partial charge in [-0.2, -0.15) is 0 Å². The van der Waals surface area contributed by atoms with E-state index in [4.69, 9.17) is 10.5 Å². The Balaban J connectivity index is 2.04. The lowest BCUT2D eigenvalue weighted by molar-refractivity contribution is -0.127. The third-order valence-corrected chi connectivity index (χ3v) is 3.65. The largest absolute Gasteiger partial charge is 0.497 e. The van der Waals surface area contributed by atoms with Gasteiger partial charge in [0, 0.05) is 12.5 Å². The van der Waals surface area contributed by atoms with Gasteiger partial charge in [0.05, 0.1) is 13.2 Å². The second-order valence-corrected chi connectivity index (χ2v) is 5.07. The summed E-state index contributed by atoms with van der Waals surface area (Å²) in [5.74, 6) is -0.0259. The highest BCUT2D eigenvalue weighted by Gasteiger charge is 2.30. The van der Waals surface area contributed by atoms with Gasteiger partial charge in [0.15, 0.2) is 5.78 Å². The minimum atomic E-state index is -0.763. The summed E-state index contributed by atoms with van der Waals surface area (Å²) < 4.78 is 5.08. The summed E-state index contributed by atoms with van der Waals surface area (Å²) in [6, 6.07) is 6.62. The monoisotopic (exact) mass is 288 g/mol. The highest BCUT2D eigenvalue weighted by Crippen LogP contribution is 2.17. The molecule has 0 aromatic heterocycles. The van der Waals surface area contributed by atoms with Crippen molar-refractivity contribution < 1.29 is 14.3 Å². The van der Waals surface area contributed by atoms with Crippen LogP contribution in [0.1, 0.15) is 18.4 Å². The minimum Gasteiger partial charge on any atom is -0.497 e. The van der Waals surface area contributed by atoms with Crippen LogP contribution in [0, 0.1) is 5.92 Å². The first kappa shape index (κ1) is 15.3. The zero-order valence-corrected chi connectivity index (χ0v) is 12.0. The Morgan fingerprint density at radius 3 is 2.76 bits per heavy atom. The lowest BCUT2D eigenvalue weighted by Gasteiger charge is -2.16. The van der Waals surface area contributed by atoms with Crippen molar-refractivity contribution in [2.75, 3.05) is 13.7 Å². The zero-order chi connectivity index (χ0) is 15.2. The van der Waals surface area contributed by atoms with Crippen LogP contribution < -0.4 is 15.8 Å². The van der Waals surface area contributed by atoms with Crippen molar-refractivity contribution in [3.63, 3.8) is 0 Å². The van der Waals surface area contributed by atoms with Gasteiger partial charge in [-0.15, -0.1) is 0 Å². The molecular formula is C16H20N2O3. The van der Waals surface area contributed by atoms with Crippen molar-refractivity contribution in [1.29, 1.82) is 0 Å². The number of carbonyl (C=O) groups is 2. The Morgan fingerprint density at radius 2 is 2.10 bits per heavy atom. The van der Waals surface area contributed by atoms with Gasteiger partial charge in [-0.05, 0) is 36.6 Å². The molecule has 2 atom stereocenters. The number of benzene rings is 1. The molecule has 5 heteroatoms. The Morgan fingerprint density at radius 1 is 1.38 bits per heavy atom. The summed E-state index contributed by atoms with van der Waals surface area (Å²) in [4.78, 5) is 23.9. The lowest BCUT2D eigenvalue weighted by Crippen LogP contribution is -2.45. The van der Waals surface area contributed by atoms with Gasteiger partial charge < -0.3 is 15.8 Å². The van der Waals surface area contributed by atoms with E-state index in [0.29, 0.717) is 13.0 Å². The highest BCUT2D eigenvalue weighted by atomic mass is 16.5. The molecule has 1 aromatic carbocycles. The molecule has 0 radical (unpaired) electrons. The van der Waals surface area contributed by atoms with Gasteiger partial charge in [-0.1, -0.05) is 18.2 Å². The van der Waals surface area contributed by atoms with E-state index in [1.807, 2.05) is 24.3 Å². The van der Waals surface area contributed by atoms with Crippen LogP contribution in [0.2, 0.25) is 0 Å². The number of methoxy groups -OCH3 is 1. The molecule has 3 N–H and O–H groups in total. The van der Waals surface area contributed by atoms with Crippen LogP contribution >= 0.6 is 0 Å². The van der Waals surface area contributed by atoms with Crippen LogP contribution in [-0.2, 0) is 9.59 Å².